The van der Waals surface area contributed by atoms with Crippen molar-refractivity contribution in [3.63, 3.8) is 0 Å². The Morgan fingerprint density at radius 2 is 1.63 bits per heavy atom. The molecular formula is C34H43N9O3. The van der Waals surface area contributed by atoms with Crippen LogP contribution in [0.5, 0.6) is 0 Å². The quantitative estimate of drug-likeness (QED) is 0.252. The number of tetrazole rings is 1. The minimum atomic E-state index is -0.929. The summed E-state index contributed by atoms with van der Waals surface area (Å²) < 4.78 is 0. The number of rotatable bonds is 11. The van der Waals surface area contributed by atoms with E-state index in [4.69, 9.17) is 0 Å². The third-order valence-corrected chi connectivity index (χ3v) is 9.29. The van der Waals surface area contributed by atoms with E-state index in [0.29, 0.717) is 62.3 Å². The molecule has 242 valence electrons. The minimum absolute atomic E-state index is 0.0926. The number of carbonyl (C=O) groups excluding carboxylic acids is 3. The van der Waals surface area contributed by atoms with Gasteiger partial charge in [0.2, 0.25) is 5.91 Å². The molecule has 3 amide bonds. The summed E-state index contributed by atoms with van der Waals surface area (Å²) in [5.41, 5.74) is 4.08. The highest BCUT2D eigenvalue weighted by molar-refractivity contribution is 5.95. The van der Waals surface area contributed by atoms with Crippen molar-refractivity contribution in [2.75, 3.05) is 26.2 Å². The Balaban J connectivity index is 1.64. The van der Waals surface area contributed by atoms with Crippen LogP contribution in [0.3, 0.4) is 0 Å². The van der Waals surface area contributed by atoms with Gasteiger partial charge >= 0.3 is 0 Å². The largest absolute Gasteiger partial charge is 0.352 e. The number of carbonyl (C=O) groups is 3. The third kappa shape index (κ3) is 6.37. The number of nitrogens with one attached hydrogen (secondary N) is 4. The fourth-order valence-corrected chi connectivity index (χ4v) is 6.94. The van der Waals surface area contributed by atoms with E-state index in [1.165, 1.54) is 0 Å². The number of aromatic nitrogens is 4. The lowest BCUT2D eigenvalue weighted by molar-refractivity contribution is -0.130. The minimum Gasteiger partial charge on any atom is -0.352 e. The van der Waals surface area contributed by atoms with Crippen molar-refractivity contribution in [1.82, 2.24) is 41.5 Å². The monoisotopic (exact) mass is 625 g/mol. The fraction of sp³-hybridized carbons (Fsp3) is 0.500. The van der Waals surface area contributed by atoms with Gasteiger partial charge in [-0.3, -0.25) is 14.4 Å². The second kappa shape index (κ2) is 14.2. The first kappa shape index (κ1) is 32.8. The topological polar surface area (TPSA) is 169 Å². The highest BCUT2D eigenvalue weighted by atomic mass is 16.2. The third-order valence-electron chi connectivity index (χ3n) is 9.29. The van der Waals surface area contributed by atoms with Crippen molar-refractivity contribution in [2.45, 2.75) is 77.3 Å². The van der Waals surface area contributed by atoms with Crippen LogP contribution in [-0.4, -0.2) is 81.5 Å². The number of likely N-dealkylation sites (tertiary alicyclic amines) is 1. The molecule has 0 bridgehead atoms. The standard InChI is InChI=1S/C34H43N9O3/c1-5-36-31(45)24-11-13-27-22(16-24)9-10-23-17-25(32(46)37-6-2)12-14-28(23)34(27,33-39-41-42-40-33)18-29(21(3)4)38-20-30(44)43-15-7-8-26(43)19-35/h11-14,16-17,21,26,29,38H,5-10,15,18,20H2,1-4H3,(H,36,45)(H,37,46)(H,39,40,41,42)/t26-,29-/m0/s1. The molecule has 2 aromatic carbocycles. The van der Waals surface area contributed by atoms with E-state index in [1.54, 1.807) is 4.90 Å². The highest BCUT2D eigenvalue weighted by Gasteiger charge is 2.47. The number of hydrogen-bond donors (Lipinski definition) is 4. The fourth-order valence-electron chi connectivity index (χ4n) is 6.94. The molecule has 3 aromatic rings. The van der Waals surface area contributed by atoms with E-state index in [-0.39, 0.29) is 36.2 Å². The molecule has 4 N–H and O–H groups in total. The van der Waals surface area contributed by atoms with Crippen LogP contribution in [0, 0.1) is 17.2 Å². The van der Waals surface area contributed by atoms with Gasteiger partial charge in [-0.2, -0.15) is 10.5 Å². The van der Waals surface area contributed by atoms with E-state index in [9.17, 15) is 19.6 Å². The number of benzene rings is 2. The summed E-state index contributed by atoms with van der Waals surface area (Å²) in [6.45, 7) is 9.70. The summed E-state index contributed by atoms with van der Waals surface area (Å²) in [6, 6.07) is 13.2. The van der Waals surface area contributed by atoms with Crippen LogP contribution in [0.25, 0.3) is 0 Å². The average Bonchev–Trinajstić information content (AvgIpc) is 3.75. The van der Waals surface area contributed by atoms with Gasteiger partial charge in [0.1, 0.15) is 6.04 Å². The molecule has 12 heteroatoms. The number of fused-ring (bicyclic) bond motifs is 2. The maximum Gasteiger partial charge on any atom is 0.251 e. The first-order valence-corrected chi connectivity index (χ1v) is 16.2. The normalized spacial score (nSPS) is 17.4. The first-order chi connectivity index (χ1) is 22.2. The van der Waals surface area contributed by atoms with Crippen LogP contribution >= 0.6 is 0 Å². The van der Waals surface area contributed by atoms with Crippen molar-refractivity contribution < 1.29 is 14.4 Å². The van der Waals surface area contributed by atoms with Crippen LogP contribution in [0.2, 0.25) is 0 Å². The molecule has 2 atom stereocenters. The molecule has 2 heterocycles. The molecule has 0 radical (unpaired) electrons. The predicted molar refractivity (Wildman–Crippen MR) is 172 cm³/mol. The van der Waals surface area contributed by atoms with Gasteiger partial charge in [-0.15, -0.1) is 10.2 Å². The Morgan fingerprint density at radius 1 is 1.02 bits per heavy atom. The molecule has 1 aliphatic carbocycles. The summed E-state index contributed by atoms with van der Waals surface area (Å²) >= 11 is 0. The van der Waals surface area contributed by atoms with E-state index >= 15 is 0 Å². The number of hydrogen-bond acceptors (Lipinski definition) is 8. The summed E-state index contributed by atoms with van der Waals surface area (Å²) in [5, 5.41) is 34.7. The molecule has 0 saturated carbocycles. The smallest absolute Gasteiger partial charge is 0.251 e. The van der Waals surface area contributed by atoms with Gasteiger partial charge in [-0.05, 0) is 98.4 Å². The zero-order valence-corrected chi connectivity index (χ0v) is 27.0. The van der Waals surface area contributed by atoms with E-state index in [0.717, 1.165) is 28.7 Å². The zero-order chi connectivity index (χ0) is 32.8. The van der Waals surface area contributed by atoms with Crippen molar-refractivity contribution in [1.29, 1.82) is 5.26 Å². The Kier molecular flexibility index (Phi) is 10.1. The molecule has 46 heavy (non-hydrogen) atoms. The van der Waals surface area contributed by atoms with Crippen LogP contribution in [0.4, 0.5) is 0 Å². The molecule has 0 spiro atoms. The van der Waals surface area contributed by atoms with Gasteiger partial charge in [0, 0.05) is 36.8 Å². The summed E-state index contributed by atoms with van der Waals surface area (Å²) in [5.74, 6) is 0.183. The Hall–Kier alpha value is -4.63. The summed E-state index contributed by atoms with van der Waals surface area (Å²) in [7, 11) is 0. The molecule has 12 nitrogen and oxygen atoms in total. The van der Waals surface area contributed by atoms with Crippen LogP contribution in [0.1, 0.15) is 95.8 Å². The van der Waals surface area contributed by atoms with Crippen molar-refractivity contribution >= 4 is 17.7 Å². The van der Waals surface area contributed by atoms with Gasteiger partial charge < -0.3 is 20.9 Å². The van der Waals surface area contributed by atoms with Gasteiger partial charge in [-0.1, -0.05) is 31.2 Å². The maximum atomic E-state index is 13.3. The van der Waals surface area contributed by atoms with Gasteiger partial charge in [0.15, 0.2) is 5.82 Å². The number of aryl methyl sites for hydroxylation is 2. The zero-order valence-electron chi connectivity index (χ0n) is 27.0. The lowest BCUT2D eigenvalue weighted by Gasteiger charge is -2.38. The second-order valence-corrected chi connectivity index (χ2v) is 12.4. The molecule has 1 aliphatic heterocycles. The van der Waals surface area contributed by atoms with Crippen molar-refractivity contribution in [2.24, 2.45) is 5.92 Å². The first-order valence-electron chi connectivity index (χ1n) is 16.2. The number of H-pyrrole nitrogens is 1. The predicted octanol–water partition coefficient (Wildman–Crippen LogP) is 2.65. The van der Waals surface area contributed by atoms with E-state index in [1.807, 2.05) is 50.2 Å². The molecule has 1 fully saturated rings. The van der Waals surface area contributed by atoms with Crippen molar-refractivity contribution in [3.8, 4) is 6.07 Å². The van der Waals surface area contributed by atoms with Gasteiger partial charge in [0.05, 0.1) is 18.0 Å². The van der Waals surface area contributed by atoms with Crippen molar-refractivity contribution in [3.05, 3.63) is 75.6 Å². The molecule has 2 aliphatic rings. The Labute approximate surface area is 269 Å². The molecular weight excluding hydrogens is 582 g/mol. The van der Waals surface area contributed by atoms with Gasteiger partial charge in [-0.25, -0.2) is 0 Å². The lowest BCUT2D eigenvalue weighted by Crippen LogP contribution is -2.48. The highest BCUT2D eigenvalue weighted by Crippen LogP contribution is 2.47. The van der Waals surface area contributed by atoms with Gasteiger partial charge in [0.25, 0.3) is 11.8 Å². The average molecular weight is 626 g/mol. The summed E-state index contributed by atoms with van der Waals surface area (Å²) in [4.78, 5) is 40.8. The number of nitriles is 1. The second-order valence-electron chi connectivity index (χ2n) is 12.4. The molecule has 0 unspecified atom stereocenters. The van der Waals surface area contributed by atoms with E-state index < -0.39 is 11.5 Å². The molecule has 1 saturated heterocycles. The van der Waals surface area contributed by atoms with Crippen LogP contribution in [-0.2, 0) is 23.1 Å². The Morgan fingerprint density at radius 3 is 2.13 bits per heavy atom. The van der Waals surface area contributed by atoms with Crippen LogP contribution < -0.4 is 16.0 Å². The maximum absolute atomic E-state index is 13.3. The van der Waals surface area contributed by atoms with Crippen LogP contribution in [0.15, 0.2) is 36.4 Å². The summed E-state index contributed by atoms with van der Waals surface area (Å²) in [6.07, 6.45) is 3.26. The number of amides is 3. The Bertz CT molecular complexity index is 1540. The van der Waals surface area contributed by atoms with E-state index in [2.05, 4.69) is 56.5 Å². The molecule has 1 aromatic heterocycles. The lowest BCUT2D eigenvalue weighted by atomic mass is 9.66. The number of nitrogens with zero attached hydrogens (tertiary/aromatic N) is 5. The molecule has 5 rings (SSSR count). The number of aromatic amines is 1. The SMILES string of the molecule is CCNC(=O)c1ccc2c(c1)CCc1cc(C(=O)NCC)ccc1C2(C[C@H](NCC(=O)N1CCC[C@H]1C#N)C(C)C)c1nn[nH]n1.